The molecule has 3 nitrogen and oxygen atoms in total. The Balaban J connectivity index is 2.23. The van der Waals surface area contributed by atoms with E-state index in [9.17, 15) is 9.18 Å². The summed E-state index contributed by atoms with van der Waals surface area (Å²) in [6, 6.07) is 3.00. The first-order valence-electron chi connectivity index (χ1n) is 6.25. The Labute approximate surface area is 116 Å². The van der Waals surface area contributed by atoms with E-state index >= 15 is 0 Å². The van der Waals surface area contributed by atoms with E-state index in [0.717, 1.165) is 12.8 Å². The van der Waals surface area contributed by atoms with Crippen molar-refractivity contribution >= 4 is 23.3 Å². The van der Waals surface area contributed by atoms with Crippen molar-refractivity contribution in [3.8, 4) is 0 Å². The van der Waals surface area contributed by atoms with E-state index in [4.69, 9.17) is 21.7 Å². The maximum absolute atomic E-state index is 14.3. The fourth-order valence-electron chi connectivity index (χ4n) is 1.97. The Morgan fingerprint density at radius 1 is 1.53 bits per heavy atom. The van der Waals surface area contributed by atoms with Crippen LogP contribution in [0.5, 0.6) is 0 Å². The van der Waals surface area contributed by atoms with Crippen molar-refractivity contribution in [3.05, 3.63) is 34.1 Å². The number of rotatable bonds is 5. The van der Waals surface area contributed by atoms with Gasteiger partial charge in [-0.25, -0.2) is 4.39 Å². The molecule has 19 heavy (non-hydrogen) atoms. The Morgan fingerprint density at radius 2 is 2.21 bits per heavy atom. The molecule has 0 atom stereocenters. The first kappa shape index (κ1) is 14.0. The second kappa shape index (κ2) is 5.70. The van der Waals surface area contributed by atoms with Crippen molar-refractivity contribution in [2.24, 2.45) is 0 Å². The second-order valence-corrected chi connectivity index (χ2v) is 5.03. The zero-order valence-corrected chi connectivity index (χ0v) is 11.4. The van der Waals surface area contributed by atoms with E-state index in [-0.39, 0.29) is 30.2 Å². The predicted molar refractivity (Wildman–Crippen MR) is 71.5 cm³/mol. The van der Waals surface area contributed by atoms with E-state index in [1.807, 2.05) is 0 Å². The molecule has 5 heteroatoms. The zero-order valence-electron chi connectivity index (χ0n) is 10.6. The van der Waals surface area contributed by atoms with Crippen molar-refractivity contribution in [3.63, 3.8) is 0 Å². The summed E-state index contributed by atoms with van der Waals surface area (Å²) < 4.78 is 19.0. The van der Waals surface area contributed by atoms with E-state index in [2.05, 4.69) is 0 Å². The average molecular weight is 284 g/mol. The molecular formula is C14H15ClFNO2. The largest absolute Gasteiger partial charge is 0.466 e. The minimum absolute atomic E-state index is 0.0969. The Kier molecular flexibility index (Phi) is 4.20. The lowest BCUT2D eigenvalue weighted by atomic mass is 10.0. The van der Waals surface area contributed by atoms with Gasteiger partial charge in [-0.05, 0) is 43.4 Å². The highest BCUT2D eigenvalue weighted by molar-refractivity contribution is 6.31. The second-order valence-electron chi connectivity index (χ2n) is 4.59. The monoisotopic (exact) mass is 283 g/mol. The fraction of sp³-hybridized carbons (Fsp3) is 0.429. The third-order valence-corrected chi connectivity index (χ3v) is 3.25. The van der Waals surface area contributed by atoms with Crippen LogP contribution in [-0.2, 0) is 9.53 Å². The number of esters is 1. The summed E-state index contributed by atoms with van der Waals surface area (Å²) in [5, 5.41) is 8.23. The van der Waals surface area contributed by atoms with Crippen LogP contribution in [0.25, 0.3) is 0 Å². The molecule has 1 saturated carbocycles. The number of hydrogen-bond donors (Lipinski definition) is 1. The predicted octanol–water partition coefficient (Wildman–Crippen LogP) is 3.68. The third-order valence-electron chi connectivity index (χ3n) is 3.03. The van der Waals surface area contributed by atoms with Gasteiger partial charge in [0.15, 0.2) is 0 Å². The van der Waals surface area contributed by atoms with Gasteiger partial charge < -0.3 is 10.1 Å². The molecule has 0 amide bonds. The van der Waals surface area contributed by atoms with Gasteiger partial charge in [-0.2, -0.15) is 0 Å². The summed E-state index contributed by atoms with van der Waals surface area (Å²) in [5.41, 5.74) is 0.555. The standard InChI is InChI=1S/C14H15ClFNO2/c1-2-19-13(18)7-12(17)11-6-9(15)5-10(14(11)16)8-3-4-8/h5-6,8,17H,2-4,7H2,1H3. The Hall–Kier alpha value is -1.42. The SMILES string of the molecule is CCOC(=O)CC(=N)c1cc(Cl)cc(C2CC2)c1F. The Morgan fingerprint density at radius 3 is 2.79 bits per heavy atom. The summed E-state index contributed by atoms with van der Waals surface area (Å²) in [6.45, 7) is 1.93. The van der Waals surface area contributed by atoms with Crippen molar-refractivity contribution in [2.45, 2.75) is 32.1 Å². The topological polar surface area (TPSA) is 50.2 Å². The lowest BCUT2D eigenvalue weighted by Crippen LogP contribution is -2.13. The molecule has 1 aliphatic carbocycles. The normalized spacial score (nSPS) is 14.3. The van der Waals surface area contributed by atoms with E-state index in [0.29, 0.717) is 10.6 Å². The van der Waals surface area contributed by atoms with Gasteiger partial charge in [-0.3, -0.25) is 4.79 Å². The molecule has 0 bridgehead atoms. The lowest BCUT2D eigenvalue weighted by Gasteiger charge is -2.10. The van der Waals surface area contributed by atoms with Crippen LogP contribution in [-0.4, -0.2) is 18.3 Å². The molecule has 0 aromatic heterocycles. The van der Waals surface area contributed by atoms with Crippen molar-refractivity contribution in [1.29, 1.82) is 5.41 Å². The molecule has 0 heterocycles. The number of benzene rings is 1. The highest BCUT2D eigenvalue weighted by atomic mass is 35.5. The summed E-state index contributed by atoms with van der Waals surface area (Å²) in [6.07, 6.45) is 1.65. The van der Waals surface area contributed by atoms with Gasteiger partial charge in [0.25, 0.3) is 0 Å². The maximum atomic E-state index is 14.3. The number of carbonyl (C=O) groups excluding carboxylic acids is 1. The van der Waals surface area contributed by atoms with Crippen LogP contribution in [0.1, 0.15) is 43.2 Å². The van der Waals surface area contributed by atoms with Gasteiger partial charge >= 0.3 is 5.97 Å². The Bertz CT molecular complexity index is 526. The van der Waals surface area contributed by atoms with Gasteiger partial charge in [0.1, 0.15) is 5.82 Å². The molecule has 2 rings (SSSR count). The molecule has 0 unspecified atom stereocenters. The summed E-state index contributed by atoms with van der Waals surface area (Å²) in [4.78, 5) is 11.3. The first-order chi connectivity index (χ1) is 9.02. The molecule has 1 aromatic rings. The van der Waals surface area contributed by atoms with E-state index in [1.54, 1.807) is 13.0 Å². The van der Waals surface area contributed by atoms with Gasteiger partial charge in [0.05, 0.1) is 18.7 Å². The van der Waals surface area contributed by atoms with E-state index < -0.39 is 11.8 Å². The van der Waals surface area contributed by atoms with Crippen LogP contribution in [0, 0.1) is 11.2 Å². The number of hydrogen-bond acceptors (Lipinski definition) is 3. The van der Waals surface area contributed by atoms with Crippen molar-refractivity contribution < 1.29 is 13.9 Å². The number of ether oxygens (including phenoxy) is 1. The van der Waals surface area contributed by atoms with Gasteiger partial charge in [-0.1, -0.05) is 11.6 Å². The van der Waals surface area contributed by atoms with Crippen LogP contribution in [0.3, 0.4) is 0 Å². The molecule has 1 N–H and O–H groups in total. The minimum atomic E-state index is -0.528. The molecule has 0 saturated heterocycles. The van der Waals surface area contributed by atoms with Crippen molar-refractivity contribution in [2.75, 3.05) is 6.61 Å². The van der Waals surface area contributed by atoms with Crippen LogP contribution < -0.4 is 0 Å². The smallest absolute Gasteiger partial charge is 0.311 e. The zero-order chi connectivity index (χ0) is 14.0. The van der Waals surface area contributed by atoms with Gasteiger partial charge in [0.2, 0.25) is 0 Å². The first-order valence-corrected chi connectivity index (χ1v) is 6.63. The van der Waals surface area contributed by atoms with Gasteiger partial charge in [0, 0.05) is 10.6 Å². The summed E-state index contributed by atoms with van der Waals surface area (Å²) in [7, 11) is 0. The lowest BCUT2D eigenvalue weighted by molar-refractivity contribution is -0.141. The molecule has 0 aliphatic heterocycles. The molecule has 102 valence electrons. The number of carbonyl (C=O) groups is 1. The van der Waals surface area contributed by atoms with E-state index in [1.165, 1.54) is 6.07 Å². The quantitative estimate of drug-likeness (QED) is 0.662. The molecule has 0 spiro atoms. The highest BCUT2D eigenvalue weighted by Gasteiger charge is 2.29. The molecule has 1 fully saturated rings. The highest BCUT2D eigenvalue weighted by Crippen LogP contribution is 2.42. The fourth-order valence-corrected chi connectivity index (χ4v) is 2.20. The van der Waals surface area contributed by atoms with Crippen LogP contribution >= 0.6 is 11.6 Å². The maximum Gasteiger partial charge on any atom is 0.311 e. The van der Waals surface area contributed by atoms with Crippen molar-refractivity contribution in [1.82, 2.24) is 0 Å². The minimum Gasteiger partial charge on any atom is -0.466 e. The number of halogens is 2. The molecule has 0 radical (unpaired) electrons. The molecular weight excluding hydrogens is 269 g/mol. The average Bonchev–Trinajstić information content (AvgIpc) is 3.15. The summed E-state index contributed by atoms with van der Waals surface area (Å²) in [5.74, 6) is -0.756. The van der Waals surface area contributed by atoms with Crippen LogP contribution in [0.2, 0.25) is 5.02 Å². The molecule has 1 aliphatic rings. The third kappa shape index (κ3) is 3.32. The van der Waals surface area contributed by atoms with Crippen LogP contribution in [0.15, 0.2) is 12.1 Å². The summed E-state index contributed by atoms with van der Waals surface area (Å²) >= 11 is 5.96. The number of nitrogens with one attached hydrogen (secondary N) is 1. The molecule has 1 aromatic carbocycles. The van der Waals surface area contributed by atoms with Crippen LogP contribution in [0.4, 0.5) is 4.39 Å². The van der Waals surface area contributed by atoms with Gasteiger partial charge in [-0.15, -0.1) is 0 Å².